The van der Waals surface area contributed by atoms with Gasteiger partial charge in [-0.25, -0.2) is 4.79 Å². The Morgan fingerprint density at radius 2 is 1.94 bits per heavy atom. The van der Waals surface area contributed by atoms with Crippen molar-refractivity contribution in [3.8, 4) is 5.69 Å². The molecule has 3 aromatic rings. The average molecular weight is 451 g/mol. The van der Waals surface area contributed by atoms with Crippen LogP contribution in [0, 0.1) is 0 Å². The number of aromatic nitrogens is 2. The van der Waals surface area contributed by atoms with Crippen molar-refractivity contribution >= 4 is 23.3 Å². The first-order chi connectivity index (χ1) is 15.7. The van der Waals surface area contributed by atoms with Gasteiger partial charge in [0.1, 0.15) is 0 Å². The van der Waals surface area contributed by atoms with Crippen LogP contribution in [0.1, 0.15) is 40.3 Å². The molecule has 1 fully saturated rings. The summed E-state index contributed by atoms with van der Waals surface area (Å²) < 4.78 is 12.3. The zero-order valence-corrected chi connectivity index (χ0v) is 18.9. The Labute approximate surface area is 193 Å². The highest BCUT2D eigenvalue weighted by Gasteiger charge is 2.41. The number of carbonyl (C=O) groups is 1. The number of para-hydroxylation sites is 1. The number of esters is 1. The minimum Gasteiger partial charge on any atom is -0.465 e. The van der Waals surface area contributed by atoms with E-state index in [1.807, 2.05) is 53.2 Å². The van der Waals surface area contributed by atoms with Crippen LogP contribution in [0.5, 0.6) is 0 Å². The van der Waals surface area contributed by atoms with Crippen LogP contribution in [0.15, 0.2) is 67.0 Å². The molecule has 1 aliphatic heterocycles. The van der Waals surface area contributed by atoms with Gasteiger partial charge in [0, 0.05) is 38.3 Å². The van der Waals surface area contributed by atoms with Gasteiger partial charge in [0.15, 0.2) is 5.11 Å². The van der Waals surface area contributed by atoms with Crippen molar-refractivity contribution in [2.75, 3.05) is 27.4 Å². The summed E-state index contributed by atoms with van der Waals surface area (Å²) in [6.07, 6.45) is 4.58. The molecule has 2 atom stereocenters. The van der Waals surface area contributed by atoms with Crippen LogP contribution in [0.3, 0.4) is 0 Å². The van der Waals surface area contributed by atoms with Crippen LogP contribution >= 0.6 is 12.2 Å². The van der Waals surface area contributed by atoms with E-state index < -0.39 is 0 Å². The first-order valence-corrected chi connectivity index (χ1v) is 10.9. The molecule has 3 heterocycles. The fourth-order valence-electron chi connectivity index (χ4n) is 4.17. The molecule has 1 saturated heterocycles. The molecular formula is C24H26N4O3S. The molecule has 7 nitrogen and oxygen atoms in total. The molecule has 0 amide bonds. The first kappa shape index (κ1) is 22.0. The van der Waals surface area contributed by atoms with Gasteiger partial charge in [0.25, 0.3) is 0 Å². The van der Waals surface area contributed by atoms with E-state index >= 15 is 0 Å². The Morgan fingerprint density at radius 3 is 2.69 bits per heavy atom. The van der Waals surface area contributed by atoms with E-state index in [0.717, 1.165) is 30.0 Å². The van der Waals surface area contributed by atoms with Crippen molar-refractivity contribution in [3.63, 3.8) is 0 Å². The normalized spacial score (nSPS) is 17.9. The van der Waals surface area contributed by atoms with E-state index in [-0.39, 0.29) is 18.1 Å². The van der Waals surface area contributed by atoms with Crippen molar-refractivity contribution in [2.45, 2.75) is 18.5 Å². The Balaban J connectivity index is 1.80. The molecule has 0 aliphatic carbocycles. The van der Waals surface area contributed by atoms with Crippen LogP contribution in [-0.2, 0) is 9.47 Å². The van der Waals surface area contributed by atoms with Crippen LogP contribution in [0.2, 0.25) is 0 Å². The number of nitrogens with one attached hydrogen (secondary N) is 1. The molecule has 0 spiro atoms. The van der Waals surface area contributed by atoms with Gasteiger partial charge in [-0.15, -0.1) is 0 Å². The summed E-state index contributed by atoms with van der Waals surface area (Å²) in [5, 5.41) is 4.14. The van der Waals surface area contributed by atoms with Crippen LogP contribution in [0.4, 0.5) is 0 Å². The molecule has 166 valence electrons. The van der Waals surface area contributed by atoms with Crippen molar-refractivity contribution in [2.24, 2.45) is 0 Å². The number of pyridine rings is 1. The third-order valence-corrected chi connectivity index (χ3v) is 5.95. The third kappa shape index (κ3) is 4.24. The first-order valence-electron chi connectivity index (χ1n) is 10.5. The molecule has 1 aliphatic rings. The molecule has 8 heteroatoms. The summed E-state index contributed by atoms with van der Waals surface area (Å²) in [5.41, 5.74) is 3.17. The van der Waals surface area contributed by atoms with Crippen LogP contribution in [0.25, 0.3) is 5.69 Å². The van der Waals surface area contributed by atoms with E-state index in [0.29, 0.717) is 17.3 Å². The van der Waals surface area contributed by atoms with E-state index in [9.17, 15) is 4.79 Å². The number of hydrogen-bond acceptors (Lipinski definition) is 5. The van der Waals surface area contributed by atoms with E-state index in [2.05, 4.69) is 21.3 Å². The fourth-order valence-corrected chi connectivity index (χ4v) is 4.50. The van der Waals surface area contributed by atoms with Gasteiger partial charge in [-0.2, -0.15) is 0 Å². The molecule has 0 unspecified atom stereocenters. The molecular weight excluding hydrogens is 424 g/mol. The van der Waals surface area contributed by atoms with Crippen LogP contribution in [-0.4, -0.2) is 52.9 Å². The predicted octanol–water partition coefficient (Wildman–Crippen LogP) is 3.67. The summed E-state index contributed by atoms with van der Waals surface area (Å²) in [5.74, 6) is -0.376. The Hall–Kier alpha value is -3.23. The standard InChI is InChI=1S/C24H26N4O3S/c1-30-16-8-15-28-22(21(26-24(28)32)18-10-5-6-13-25-18)20-12-7-14-27(20)19-11-4-3-9-17(19)23(29)31-2/h3-7,9-14,21-22H,8,15-16H2,1-2H3,(H,26,32)/t21-,22-/m1/s1. The molecule has 1 aromatic carbocycles. The maximum absolute atomic E-state index is 12.4. The molecule has 0 saturated carbocycles. The minimum absolute atomic E-state index is 0.116. The highest BCUT2D eigenvalue weighted by molar-refractivity contribution is 7.80. The Bertz CT molecular complexity index is 1090. The van der Waals surface area contributed by atoms with Gasteiger partial charge in [-0.3, -0.25) is 4.98 Å². The molecule has 32 heavy (non-hydrogen) atoms. The van der Waals surface area contributed by atoms with Gasteiger partial charge in [0.2, 0.25) is 0 Å². The lowest BCUT2D eigenvalue weighted by Crippen LogP contribution is -2.32. The molecule has 1 N–H and O–H groups in total. The predicted molar refractivity (Wildman–Crippen MR) is 126 cm³/mol. The monoisotopic (exact) mass is 450 g/mol. The molecule has 4 rings (SSSR count). The van der Waals surface area contributed by atoms with E-state index in [1.54, 1.807) is 19.4 Å². The highest BCUT2D eigenvalue weighted by Crippen LogP contribution is 2.39. The third-order valence-electron chi connectivity index (χ3n) is 5.60. The van der Waals surface area contributed by atoms with Crippen molar-refractivity contribution in [1.29, 1.82) is 0 Å². The topological polar surface area (TPSA) is 68.6 Å². The number of rotatable bonds is 8. The lowest BCUT2D eigenvalue weighted by atomic mass is 10.0. The number of thiocarbonyl (C=S) groups is 1. The summed E-state index contributed by atoms with van der Waals surface area (Å²) >= 11 is 5.73. The number of hydrogen-bond donors (Lipinski definition) is 1. The second kappa shape index (κ2) is 9.93. The van der Waals surface area contributed by atoms with Gasteiger partial charge in [0.05, 0.1) is 36.1 Å². The second-order valence-electron chi connectivity index (χ2n) is 7.48. The minimum atomic E-state index is -0.376. The summed E-state index contributed by atoms with van der Waals surface area (Å²) in [7, 11) is 3.09. The second-order valence-corrected chi connectivity index (χ2v) is 7.86. The SMILES string of the molecule is COCCCN1C(=S)N[C@H](c2ccccn2)[C@H]1c1cccn1-c1ccccc1C(=O)OC. The number of nitrogens with zero attached hydrogens (tertiary/aromatic N) is 3. The van der Waals surface area contributed by atoms with Gasteiger partial charge in [-0.1, -0.05) is 18.2 Å². The maximum Gasteiger partial charge on any atom is 0.339 e. The van der Waals surface area contributed by atoms with E-state index in [1.165, 1.54) is 7.11 Å². The Kier molecular flexibility index (Phi) is 6.82. The summed E-state index contributed by atoms with van der Waals surface area (Å²) in [6.45, 7) is 1.38. The molecule has 0 bridgehead atoms. The zero-order chi connectivity index (χ0) is 22.5. The quantitative estimate of drug-likeness (QED) is 0.319. The zero-order valence-electron chi connectivity index (χ0n) is 18.1. The number of methoxy groups -OCH3 is 2. The van der Waals surface area contributed by atoms with E-state index in [4.69, 9.17) is 21.7 Å². The molecule has 0 radical (unpaired) electrons. The van der Waals surface area contributed by atoms with Crippen molar-refractivity contribution in [3.05, 3.63) is 83.9 Å². The van der Waals surface area contributed by atoms with Gasteiger partial charge in [-0.05, 0) is 55.0 Å². The largest absolute Gasteiger partial charge is 0.465 e. The maximum atomic E-state index is 12.4. The number of benzene rings is 1. The number of ether oxygens (including phenoxy) is 2. The van der Waals surface area contributed by atoms with Crippen LogP contribution < -0.4 is 5.32 Å². The van der Waals surface area contributed by atoms with Gasteiger partial charge < -0.3 is 24.3 Å². The number of carbonyl (C=O) groups excluding carboxylic acids is 1. The fraction of sp³-hybridized carbons (Fsp3) is 0.292. The van der Waals surface area contributed by atoms with Gasteiger partial charge >= 0.3 is 5.97 Å². The smallest absolute Gasteiger partial charge is 0.339 e. The lowest BCUT2D eigenvalue weighted by molar-refractivity contribution is 0.0600. The lowest BCUT2D eigenvalue weighted by Gasteiger charge is -2.29. The summed E-state index contributed by atoms with van der Waals surface area (Å²) in [6, 6.07) is 17.1. The van der Waals surface area contributed by atoms with Crippen molar-refractivity contribution < 1.29 is 14.3 Å². The Morgan fingerprint density at radius 1 is 1.12 bits per heavy atom. The summed E-state index contributed by atoms with van der Waals surface area (Å²) in [4.78, 5) is 19.2. The average Bonchev–Trinajstić information content (AvgIpc) is 3.43. The molecule has 2 aromatic heterocycles. The van der Waals surface area contributed by atoms with Crippen molar-refractivity contribution in [1.82, 2.24) is 19.8 Å². The highest BCUT2D eigenvalue weighted by atomic mass is 32.1.